The van der Waals surface area contributed by atoms with Crippen LogP contribution in [0.4, 0.5) is 0 Å². The molecule has 6 nitrogen and oxygen atoms in total. The molecular weight excluding hydrogens is 296 g/mol. The molecule has 2 amide bonds. The molecule has 1 unspecified atom stereocenters. The first-order valence-electron chi connectivity index (χ1n) is 8.97. The third-order valence-corrected chi connectivity index (χ3v) is 5.34. The molecule has 3 rings (SSSR count). The lowest BCUT2D eigenvalue weighted by atomic mass is 9.95. The van der Waals surface area contributed by atoms with Gasteiger partial charge in [-0.2, -0.15) is 0 Å². The lowest BCUT2D eigenvalue weighted by Crippen LogP contribution is -2.51. The smallest absolute Gasteiger partial charge is 0.244 e. The van der Waals surface area contributed by atoms with Crippen LogP contribution in [0.25, 0.3) is 0 Å². The van der Waals surface area contributed by atoms with Gasteiger partial charge in [0.1, 0.15) is 6.04 Å². The Kier molecular flexibility index (Phi) is 5.54. The van der Waals surface area contributed by atoms with Gasteiger partial charge in [-0.15, -0.1) is 0 Å². The Labute approximate surface area is 137 Å². The van der Waals surface area contributed by atoms with E-state index in [4.69, 9.17) is 9.47 Å². The van der Waals surface area contributed by atoms with E-state index in [-0.39, 0.29) is 24.0 Å². The number of nitrogens with one attached hydrogen (secondary N) is 1. The van der Waals surface area contributed by atoms with Gasteiger partial charge in [0, 0.05) is 24.9 Å². The molecule has 3 aliphatic rings. The summed E-state index contributed by atoms with van der Waals surface area (Å²) in [5.74, 6) is 0.562. The van der Waals surface area contributed by atoms with E-state index in [1.54, 1.807) is 6.92 Å². The standard InChI is InChI=1S/C17H28N2O4/c1-12(18-15(20)13-4-2-3-5-13)16(21)19-8-6-14(7-9-19)17-22-10-11-23-17/h12-14,17H,2-11H2,1H3,(H,18,20). The normalized spacial score (nSPS) is 25.7. The maximum atomic E-state index is 12.5. The summed E-state index contributed by atoms with van der Waals surface area (Å²) in [4.78, 5) is 26.5. The maximum Gasteiger partial charge on any atom is 0.244 e. The summed E-state index contributed by atoms with van der Waals surface area (Å²) in [6.07, 6.45) is 5.88. The molecule has 1 N–H and O–H groups in total. The average molecular weight is 324 g/mol. The number of rotatable bonds is 4. The fraction of sp³-hybridized carbons (Fsp3) is 0.882. The van der Waals surface area contributed by atoms with Gasteiger partial charge in [-0.1, -0.05) is 12.8 Å². The van der Waals surface area contributed by atoms with Crippen molar-refractivity contribution in [2.45, 2.75) is 57.8 Å². The third-order valence-electron chi connectivity index (χ3n) is 5.34. The van der Waals surface area contributed by atoms with Crippen LogP contribution in [0.5, 0.6) is 0 Å². The second kappa shape index (κ2) is 7.62. The molecule has 23 heavy (non-hydrogen) atoms. The summed E-state index contributed by atoms with van der Waals surface area (Å²) < 4.78 is 11.1. The van der Waals surface area contributed by atoms with Gasteiger partial charge in [-0.3, -0.25) is 9.59 Å². The Bertz CT molecular complexity index is 422. The molecule has 2 heterocycles. The van der Waals surface area contributed by atoms with Crippen LogP contribution < -0.4 is 5.32 Å². The van der Waals surface area contributed by atoms with Gasteiger partial charge in [0.05, 0.1) is 13.2 Å². The van der Waals surface area contributed by atoms with E-state index in [9.17, 15) is 9.59 Å². The van der Waals surface area contributed by atoms with Crippen molar-refractivity contribution in [3.05, 3.63) is 0 Å². The van der Waals surface area contributed by atoms with Crippen LogP contribution in [-0.2, 0) is 19.1 Å². The Morgan fingerprint density at radius 2 is 1.65 bits per heavy atom. The van der Waals surface area contributed by atoms with E-state index in [0.717, 1.165) is 51.6 Å². The number of amides is 2. The van der Waals surface area contributed by atoms with E-state index in [0.29, 0.717) is 19.1 Å². The van der Waals surface area contributed by atoms with Gasteiger partial charge < -0.3 is 19.7 Å². The van der Waals surface area contributed by atoms with Crippen LogP contribution in [0.3, 0.4) is 0 Å². The zero-order valence-corrected chi connectivity index (χ0v) is 14.0. The van der Waals surface area contributed by atoms with Crippen LogP contribution in [0, 0.1) is 11.8 Å². The summed E-state index contributed by atoms with van der Waals surface area (Å²) in [6.45, 7) is 4.58. The molecule has 0 spiro atoms. The van der Waals surface area contributed by atoms with Crippen LogP contribution in [0.2, 0.25) is 0 Å². The number of piperidine rings is 1. The predicted octanol–water partition coefficient (Wildman–Crippen LogP) is 1.29. The fourth-order valence-corrected chi connectivity index (χ4v) is 3.90. The highest BCUT2D eigenvalue weighted by molar-refractivity contribution is 5.88. The number of ether oxygens (including phenoxy) is 2. The largest absolute Gasteiger partial charge is 0.350 e. The minimum Gasteiger partial charge on any atom is -0.350 e. The maximum absolute atomic E-state index is 12.5. The quantitative estimate of drug-likeness (QED) is 0.846. The van der Waals surface area contributed by atoms with Crippen molar-refractivity contribution in [2.24, 2.45) is 11.8 Å². The Hall–Kier alpha value is -1.14. The topological polar surface area (TPSA) is 67.9 Å². The molecule has 0 radical (unpaired) electrons. The zero-order chi connectivity index (χ0) is 16.2. The number of likely N-dealkylation sites (tertiary alicyclic amines) is 1. The van der Waals surface area contributed by atoms with Gasteiger partial charge in [-0.25, -0.2) is 0 Å². The van der Waals surface area contributed by atoms with E-state index >= 15 is 0 Å². The monoisotopic (exact) mass is 324 g/mol. The molecule has 1 atom stereocenters. The summed E-state index contributed by atoms with van der Waals surface area (Å²) in [6, 6.07) is -0.432. The minimum absolute atomic E-state index is 0.0306. The van der Waals surface area contributed by atoms with Crippen molar-refractivity contribution in [3.8, 4) is 0 Å². The highest BCUT2D eigenvalue weighted by atomic mass is 16.7. The van der Waals surface area contributed by atoms with Crippen molar-refractivity contribution >= 4 is 11.8 Å². The lowest BCUT2D eigenvalue weighted by Gasteiger charge is -2.35. The third kappa shape index (κ3) is 4.04. The SMILES string of the molecule is CC(NC(=O)C1CCCC1)C(=O)N1CCC(C2OCCO2)CC1. The van der Waals surface area contributed by atoms with Crippen molar-refractivity contribution in [3.63, 3.8) is 0 Å². The van der Waals surface area contributed by atoms with Crippen molar-refractivity contribution in [1.29, 1.82) is 0 Å². The fourth-order valence-electron chi connectivity index (χ4n) is 3.90. The van der Waals surface area contributed by atoms with Gasteiger partial charge in [0.15, 0.2) is 6.29 Å². The summed E-state index contributed by atoms with van der Waals surface area (Å²) >= 11 is 0. The summed E-state index contributed by atoms with van der Waals surface area (Å²) in [5, 5.41) is 2.91. The number of carbonyl (C=O) groups is 2. The van der Waals surface area contributed by atoms with Crippen molar-refractivity contribution in [1.82, 2.24) is 10.2 Å². The first-order valence-corrected chi connectivity index (χ1v) is 8.97. The first kappa shape index (κ1) is 16.7. The first-order chi connectivity index (χ1) is 11.1. The molecule has 1 saturated carbocycles. The van der Waals surface area contributed by atoms with Crippen molar-refractivity contribution < 1.29 is 19.1 Å². The Morgan fingerprint density at radius 1 is 1.04 bits per heavy atom. The minimum atomic E-state index is -0.432. The van der Waals surface area contributed by atoms with E-state index in [1.165, 1.54) is 0 Å². The summed E-state index contributed by atoms with van der Waals surface area (Å²) in [5.41, 5.74) is 0. The molecule has 2 saturated heterocycles. The number of hydrogen-bond donors (Lipinski definition) is 1. The van der Waals surface area contributed by atoms with E-state index < -0.39 is 6.04 Å². The van der Waals surface area contributed by atoms with Gasteiger partial charge in [0.2, 0.25) is 11.8 Å². The van der Waals surface area contributed by atoms with Crippen LogP contribution in [0.1, 0.15) is 45.4 Å². The molecule has 3 fully saturated rings. The molecule has 130 valence electrons. The number of hydrogen-bond acceptors (Lipinski definition) is 4. The predicted molar refractivity (Wildman–Crippen MR) is 84.6 cm³/mol. The van der Waals surface area contributed by atoms with Crippen LogP contribution in [0.15, 0.2) is 0 Å². The summed E-state index contributed by atoms with van der Waals surface area (Å²) in [7, 11) is 0. The van der Waals surface area contributed by atoms with Gasteiger partial charge in [0.25, 0.3) is 0 Å². The second-order valence-electron chi connectivity index (χ2n) is 6.98. The van der Waals surface area contributed by atoms with Gasteiger partial charge in [-0.05, 0) is 32.6 Å². The average Bonchev–Trinajstić information content (AvgIpc) is 3.27. The van der Waals surface area contributed by atoms with E-state index in [2.05, 4.69) is 5.32 Å². The number of carbonyl (C=O) groups excluding carboxylic acids is 2. The van der Waals surface area contributed by atoms with Crippen molar-refractivity contribution in [2.75, 3.05) is 26.3 Å². The Balaban J connectivity index is 1.43. The second-order valence-corrected chi connectivity index (χ2v) is 6.98. The highest BCUT2D eigenvalue weighted by Crippen LogP contribution is 2.27. The molecule has 2 aliphatic heterocycles. The molecule has 1 aliphatic carbocycles. The molecule has 0 aromatic rings. The van der Waals surface area contributed by atoms with Crippen LogP contribution in [-0.4, -0.2) is 55.3 Å². The van der Waals surface area contributed by atoms with E-state index in [1.807, 2.05) is 4.90 Å². The molecule has 0 aromatic carbocycles. The van der Waals surface area contributed by atoms with Crippen LogP contribution >= 0.6 is 0 Å². The Morgan fingerprint density at radius 3 is 2.26 bits per heavy atom. The van der Waals surface area contributed by atoms with Gasteiger partial charge >= 0.3 is 0 Å². The molecule has 6 heteroatoms. The molecular formula is C17H28N2O4. The highest BCUT2D eigenvalue weighted by Gasteiger charge is 2.33. The molecule has 0 aromatic heterocycles. The number of nitrogens with zero attached hydrogens (tertiary/aromatic N) is 1. The molecule has 0 bridgehead atoms. The zero-order valence-electron chi connectivity index (χ0n) is 14.0. The lowest BCUT2D eigenvalue weighted by molar-refractivity contribution is -0.141.